The van der Waals surface area contributed by atoms with Crippen LogP contribution in [0.3, 0.4) is 0 Å². The molecule has 4 heteroatoms. The topological polar surface area (TPSA) is 17.1 Å². The minimum Gasteiger partial charge on any atom is -0.197 e. The first-order valence-corrected chi connectivity index (χ1v) is 10.4. The summed E-state index contributed by atoms with van der Waals surface area (Å²) in [5.74, 6) is 0. The summed E-state index contributed by atoms with van der Waals surface area (Å²) in [5, 5.41) is 0. The second-order valence-electron chi connectivity index (χ2n) is 5.75. The molecule has 0 bridgehead atoms. The minimum atomic E-state index is 1.12. The van der Waals surface area contributed by atoms with Crippen molar-refractivity contribution in [3.05, 3.63) is 118 Å². The van der Waals surface area contributed by atoms with Crippen LogP contribution in [0.1, 0.15) is 0 Å². The smallest absolute Gasteiger partial charge is 0.197 e. The third-order valence-corrected chi connectivity index (χ3v) is 4.96. The van der Waals surface area contributed by atoms with Crippen molar-refractivity contribution < 1.29 is 4.21 Å². The Morgan fingerprint density at radius 1 is 0.393 bits per heavy atom. The zero-order valence-corrected chi connectivity index (χ0v) is 19.0. The molecule has 4 aromatic rings. The molecule has 140 valence electrons. The molecule has 0 amide bonds. The molecule has 0 spiro atoms. The molecule has 4 aromatic carbocycles. The van der Waals surface area contributed by atoms with E-state index in [9.17, 15) is 0 Å². The molecule has 4 rings (SSSR count). The fraction of sp³-hybridized carbons (Fsp3) is 0. The SMILES string of the molecule is Brc1ccc(-c2ccccc2)cc1.Brc1ccc(-c2ccccc2)cc1.O=S. The fourth-order valence-electron chi connectivity index (χ4n) is 2.55. The standard InChI is InChI=1S/2C12H9Br.OS/c2*13-12-8-6-11(7-9-12)10-4-2-1-3-5-10;1-2/h2*1-9H;. The van der Waals surface area contributed by atoms with Gasteiger partial charge in [0, 0.05) is 8.95 Å². The molecule has 0 saturated heterocycles. The van der Waals surface area contributed by atoms with Crippen LogP contribution in [0.25, 0.3) is 22.3 Å². The molecule has 0 atom stereocenters. The molecular formula is C24H18Br2OS. The summed E-state index contributed by atoms with van der Waals surface area (Å²) in [5.41, 5.74) is 5.03. The van der Waals surface area contributed by atoms with E-state index in [1.54, 1.807) is 0 Å². The van der Waals surface area contributed by atoms with Crippen LogP contribution in [0.2, 0.25) is 0 Å². The molecule has 28 heavy (non-hydrogen) atoms. The molecule has 0 aliphatic rings. The quantitative estimate of drug-likeness (QED) is 0.271. The van der Waals surface area contributed by atoms with E-state index in [1.807, 2.05) is 12.1 Å². The molecule has 0 saturated carbocycles. The van der Waals surface area contributed by atoms with E-state index in [2.05, 4.69) is 141 Å². The summed E-state index contributed by atoms with van der Waals surface area (Å²) in [6, 6.07) is 37.4. The second kappa shape index (κ2) is 12.3. The van der Waals surface area contributed by atoms with Crippen LogP contribution in [0.15, 0.2) is 118 Å². The maximum absolute atomic E-state index is 7.83. The van der Waals surface area contributed by atoms with Crippen LogP contribution in [0, 0.1) is 0 Å². The summed E-state index contributed by atoms with van der Waals surface area (Å²) >= 11 is 9.67. The molecule has 0 N–H and O–H groups in total. The summed E-state index contributed by atoms with van der Waals surface area (Å²) in [6.45, 7) is 0. The first-order valence-electron chi connectivity index (χ1n) is 8.51. The van der Waals surface area contributed by atoms with Gasteiger partial charge in [0.1, 0.15) is 0 Å². The van der Waals surface area contributed by atoms with Crippen LogP contribution in [0.5, 0.6) is 0 Å². The van der Waals surface area contributed by atoms with Crippen LogP contribution >= 0.6 is 31.9 Å². The van der Waals surface area contributed by atoms with Crippen LogP contribution in [-0.4, -0.2) is 4.21 Å². The van der Waals surface area contributed by atoms with Gasteiger partial charge in [0.05, 0.1) is 0 Å². The van der Waals surface area contributed by atoms with E-state index in [0.717, 1.165) is 8.95 Å². The van der Waals surface area contributed by atoms with Crippen molar-refractivity contribution in [2.45, 2.75) is 0 Å². The predicted octanol–water partition coefficient (Wildman–Crippen LogP) is 7.90. The maximum Gasteiger partial charge on any atom is 0.197 e. The molecule has 1 nitrogen and oxygen atoms in total. The van der Waals surface area contributed by atoms with E-state index >= 15 is 0 Å². The number of rotatable bonds is 2. The van der Waals surface area contributed by atoms with Crippen molar-refractivity contribution in [1.29, 1.82) is 0 Å². The Labute approximate surface area is 188 Å². The van der Waals surface area contributed by atoms with E-state index in [1.165, 1.54) is 22.3 Å². The highest BCUT2D eigenvalue weighted by Gasteiger charge is 1.95. The van der Waals surface area contributed by atoms with Crippen molar-refractivity contribution >= 4 is 44.4 Å². The van der Waals surface area contributed by atoms with Gasteiger partial charge in [0.15, 0.2) is 12.5 Å². The summed E-state index contributed by atoms with van der Waals surface area (Å²) in [6.07, 6.45) is 0. The highest BCUT2D eigenvalue weighted by Crippen LogP contribution is 2.21. The number of hydrogen-bond donors (Lipinski definition) is 0. The Morgan fingerprint density at radius 2 is 0.643 bits per heavy atom. The van der Waals surface area contributed by atoms with E-state index in [-0.39, 0.29) is 0 Å². The first kappa shape index (κ1) is 22.2. The van der Waals surface area contributed by atoms with Gasteiger partial charge in [0.2, 0.25) is 0 Å². The molecule has 0 unspecified atom stereocenters. The summed E-state index contributed by atoms with van der Waals surface area (Å²) in [4.78, 5) is 0. The van der Waals surface area contributed by atoms with Crippen LogP contribution in [0.4, 0.5) is 0 Å². The Balaban J connectivity index is 0.000000184. The van der Waals surface area contributed by atoms with Gasteiger partial charge in [-0.15, -0.1) is 0 Å². The van der Waals surface area contributed by atoms with Gasteiger partial charge >= 0.3 is 0 Å². The molecule has 0 heterocycles. The van der Waals surface area contributed by atoms with Crippen molar-refractivity contribution in [1.82, 2.24) is 0 Å². The molecule has 0 radical (unpaired) electrons. The lowest BCUT2D eigenvalue weighted by Crippen LogP contribution is -1.75. The van der Waals surface area contributed by atoms with E-state index in [0.29, 0.717) is 0 Å². The van der Waals surface area contributed by atoms with E-state index < -0.39 is 0 Å². The Bertz CT molecular complexity index is 860. The number of hydrogen-bond acceptors (Lipinski definition) is 2. The highest BCUT2D eigenvalue weighted by atomic mass is 79.9. The number of benzene rings is 4. The average Bonchev–Trinajstić information content (AvgIpc) is 2.78. The van der Waals surface area contributed by atoms with Crippen molar-refractivity contribution in [2.75, 3.05) is 0 Å². The largest absolute Gasteiger partial charge is 0.197 e. The number of halogens is 2. The fourth-order valence-corrected chi connectivity index (χ4v) is 3.07. The minimum absolute atomic E-state index is 1.12. The average molecular weight is 514 g/mol. The van der Waals surface area contributed by atoms with Gasteiger partial charge in [-0.3, -0.25) is 0 Å². The van der Waals surface area contributed by atoms with Crippen LogP contribution < -0.4 is 0 Å². The van der Waals surface area contributed by atoms with Gasteiger partial charge in [0.25, 0.3) is 0 Å². The molecule has 0 aliphatic heterocycles. The van der Waals surface area contributed by atoms with Gasteiger partial charge < -0.3 is 0 Å². The van der Waals surface area contributed by atoms with Crippen molar-refractivity contribution in [3.8, 4) is 22.3 Å². The zero-order chi connectivity index (χ0) is 20.2. The lowest BCUT2D eigenvalue weighted by atomic mass is 10.1. The Morgan fingerprint density at radius 3 is 0.929 bits per heavy atom. The normalized spacial score (nSPS) is 9.36. The lowest BCUT2D eigenvalue weighted by molar-refractivity contribution is 0.702. The Hall–Kier alpha value is -2.14. The van der Waals surface area contributed by atoms with Crippen LogP contribution in [-0.2, 0) is 12.5 Å². The van der Waals surface area contributed by atoms with Crippen molar-refractivity contribution in [2.24, 2.45) is 0 Å². The third kappa shape index (κ3) is 7.12. The molecular weight excluding hydrogens is 496 g/mol. The third-order valence-electron chi connectivity index (χ3n) is 3.90. The zero-order valence-electron chi connectivity index (χ0n) is 15.0. The summed E-state index contributed by atoms with van der Waals surface area (Å²) < 4.78 is 10.1. The first-order chi connectivity index (χ1) is 13.7. The summed E-state index contributed by atoms with van der Waals surface area (Å²) in [7, 11) is 0. The maximum atomic E-state index is 7.83. The molecule has 0 aliphatic carbocycles. The second-order valence-corrected chi connectivity index (χ2v) is 7.58. The van der Waals surface area contributed by atoms with Gasteiger partial charge in [-0.2, -0.15) is 4.21 Å². The van der Waals surface area contributed by atoms with Gasteiger partial charge in [-0.05, 0) is 46.5 Å². The van der Waals surface area contributed by atoms with Gasteiger partial charge in [-0.25, -0.2) is 0 Å². The molecule has 0 aromatic heterocycles. The van der Waals surface area contributed by atoms with Gasteiger partial charge in [-0.1, -0.05) is 117 Å². The Kier molecular flexibility index (Phi) is 9.77. The van der Waals surface area contributed by atoms with E-state index in [4.69, 9.17) is 4.21 Å². The monoisotopic (exact) mass is 512 g/mol. The molecule has 0 fully saturated rings. The lowest BCUT2D eigenvalue weighted by Gasteiger charge is -2.00. The highest BCUT2D eigenvalue weighted by molar-refractivity contribution is 9.10. The predicted molar refractivity (Wildman–Crippen MR) is 127 cm³/mol. The van der Waals surface area contributed by atoms with Crippen molar-refractivity contribution in [3.63, 3.8) is 0 Å².